The van der Waals surface area contributed by atoms with Crippen LogP contribution in [0.15, 0.2) is 46.9 Å². The maximum atomic E-state index is 12.9. The van der Waals surface area contributed by atoms with E-state index in [1.54, 1.807) is 0 Å². The number of rotatable bonds is 2. The molecular formula is C16H14BrFO. The van der Waals surface area contributed by atoms with Gasteiger partial charge >= 0.3 is 0 Å². The molecule has 0 aliphatic carbocycles. The van der Waals surface area contributed by atoms with Crippen LogP contribution in [-0.4, -0.2) is 6.10 Å². The molecule has 1 nitrogen and oxygen atoms in total. The third kappa shape index (κ3) is 2.98. The maximum absolute atomic E-state index is 12.9. The summed E-state index contributed by atoms with van der Waals surface area (Å²) in [6.45, 7) is 0. The Morgan fingerprint density at radius 3 is 2.74 bits per heavy atom. The smallest absolute Gasteiger partial charge is 0.123 e. The molecule has 0 fully saturated rings. The molecular weight excluding hydrogens is 307 g/mol. The van der Waals surface area contributed by atoms with Gasteiger partial charge < -0.3 is 4.74 Å². The molecule has 0 aromatic heterocycles. The summed E-state index contributed by atoms with van der Waals surface area (Å²) in [5.41, 5.74) is 2.37. The van der Waals surface area contributed by atoms with Gasteiger partial charge in [-0.1, -0.05) is 28.1 Å². The van der Waals surface area contributed by atoms with Crippen LogP contribution >= 0.6 is 15.9 Å². The molecule has 3 heteroatoms. The number of fused-ring (bicyclic) bond motifs is 1. The van der Waals surface area contributed by atoms with E-state index in [2.05, 4.69) is 22.0 Å². The molecule has 2 aromatic rings. The van der Waals surface area contributed by atoms with Gasteiger partial charge in [0.25, 0.3) is 0 Å². The number of hydrogen-bond donors (Lipinski definition) is 0. The average Bonchev–Trinajstić information content (AvgIpc) is 2.42. The third-order valence-corrected chi connectivity index (χ3v) is 3.92. The van der Waals surface area contributed by atoms with E-state index >= 15 is 0 Å². The first kappa shape index (κ1) is 12.7. The van der Waals surface area contributed by atoms with Gasteiger partial charge in [0.15, 0.2) is 0 Å². The molecule has 0 N–H and O–H groups in total. The second-order valence-electron chi connectivity index (χ2n) is 4.86. The zero-order chi connectivity index (χ0) is 13.2. The molecule has 0 radical (unpaired) electrons. The van der Waals surface area contributed by atoms with Crippen LogP contribution in [0.4, 0.5) is 4.39 Å². The summed E-state index contributed by atoms with van der Waals surface area (Å²) in [5.74, 6) is 0.782. The van der Waals surface area contributed by atoms with Crippen LogP contribution in [0.5, 0.6) is 5.75 Å². The molecule has 1 heterocycles. The number of aryl methyl sites for hydroxylation is 1. The van der Waals surface area contributed by atoms with Crippen LogP contribution in [0, 0.1) is 5.82 Å². The second kappa shape index (κ2) is 5.33. The Morgan fingerprint density at radius 1 is 1.16 bits per heavy atom. The fourth-order valence-electron chi connectivity index (χ4n) is 2.44. The second-order valence-corrected chi connectivity index (χ2v) is 5.78. The molecule has 0 unspecified atom stereocenters. The summed E-state index contributed by atoms with van der Waals surface area (Å²) >= 11 is 3.47. The number of ether oxygens (including phenoxy) is 1. The third-order valence-electron chi connectivity index (χ3n) is 3.43. The average molecular weight is 321 g/mol. The van der Waals surface area contributed by atoms with Crippen molar-refractivity contribution in [3.63, 3.8) is 0 Å². The first-order valence-electron chi connectivity index (χ1n) is 6.40. The van der Waals surface area contributed by atoms with E-state index in [1.807, 2.05) is 24.3 Å². The van der Waals surface area contributed by atoms with Crippen LogP contribution in [0.25, 0.3) is 0 Å². The predicted octanol–water partition coefficient (Wildman–Crippen LogP) is 4.52. The molecule has 1 aliphatic rings. The Morgan fingerprint density at radius 2 is 1.95 bits per heavy atom. The van der Waals surface area contributed by atoms with E-state index in [0.29, 0.717) is 0 Å². The van der Waals surface area contributed by atoms with Crippen molar-refractivity contribution in [3.05, 3.63) is 63.9 Å². The monoisotopic (exact) mass is 320 g/mol. The minimum atomic E-state index is -0.191. The van der Waals surface area contributed by atoms with Crippen LogP contribution in [0.2, 0.25) is 0 Å². The summed E-state index contributed by atoms with van der Waals surface area (Å²) in [5, 5.41) is 0. The number of halogens is 2. The van der Waals surface area contributed by atoms with E-state index in [-0.39, 0.29) is 11.9 Å². The normalized spacial score (nSPS) is 17.7. The Labute approximate surface area is 120 Å². The summed E-state index contributed by atoms with van der Waals surface area (Å²) in [6.07, 6.45) is 3.04. The summed E-state index contributed by atoms with van der Waals surface area (Å²) in [6, 6.07) is 12.8. The zero-order valence-electron chi connectivity index (χ0n) is 10.4. The molecule has 1 aliphatic heterocycles. The van der Waals surface area contributed by atoms with Crippen LogP contribution in [-0.2, 0) is 12.8 Å². The van der Waals surface area contributed by atoms with Gasteiger partial charge in [0.1, 0.15) is 17.7 Å². The summed E-state index contributed by atoms with van der Waals surface area (Å²) in [4.78, 5) is 0. The highest BCUT2D eigenvalue weighted by Gasteiger charge is 2.20. The van der Waals surface area contributed by atoms with Crippen molar-refractivity contribution in [2.24, 2.45) is 0 Å². The van der Waals surface area contributed by atoms with Crippen molar-refractivity contribution in [2.45, 2.75) is 25.4 Å². The lowest BCUT2D eigenvalue weighted by molar-refractivity contribution is 0.174. The predicted molar refractivity (Wildman–Crippen MR) is 77.0 cm³/mol. The van der Waals surface area contributed by atoms with Gasteiger partial charge in [0.05, 0.1) is 0 Å². The lowest BCUT2D eigenvalue weighted by atomic mass is 9.98. The lowest BCUT2D eigenvalue weighted by Gasteiger charge is -2.26. The van der Waals surface area contributed by atoms with E-state index in [4.69, 9.17) is 4.74 Å². The van der Waals surface area contributed by atoms with E-state index in [1.165, 1.54) is 17.7 Å². The Bertz CT molecular complexity index is 580. The molecule has 1 atom stereocenters. The lowest BCUT2D eigenvalue weighted by Crippen LogP contribution is -2.24. The van der Waals surface area contributed by atoms with Gasteiger partial charge in [0, 0.05) is 10.9 Å². The largest absolute Gasteiger partial charge is 0.490 e. The van der Waals surface area contributed by atoms with Crippen LogP contribution in [0.3, 0.4) is 0 Å². The highest BCUT2D eigenvalue weighted by atomic mass is 79.9. The molecule has 0 bridgehead atoms. The highest BCUT2D eigenvalue weighted by Crippen LogP contribution is 2.31. The highest BCUT2D eigenvalue weighted by molar-refractivity contribution is 9.10. The van der Waals surface area contributed by atoms with Crippen LogP contribution < -0.4 is 4.74 Å². The van der Waals surface area contributed by atoms with Gasteiger partial charge in [-0.2, -0.15) is 0 Å². The van der Waals surface area contributed by atoms with E-state index in [9.17, 15) is 4.39 Å². The van der Waals surface area contributed by atoms with Gasteiger partial charge in [-0.3, -0.25) is 0 Å². The molecule has 0 saturated heterocycles. The molecule has 3 rings (SSSR count). The standard InChI is InChI=1S/C16H14BrFO/c17-13-4-8-16-12(10-13)3-7-15(19-16)9-11-1-5-14(18)6-2-11/h1-2,4-6,8,10,15H,3,7,9H2/t15-/m1/s1. The van der Waals surface area contributed by atoms with Crippen molar-refractivity contribution in [1.29, 1.82) is 0 Å². The van der Waals surface area contributed by atoms with Crippen molar-refractivity contribution >= 4 is 15.9 Å². The number of hydrogen-bond acceptors (Lipinski definition) is 1. The minimum absolute atomic E-state index is 0.180. The van der Waals surface area contributed by atoms with Gasteiger partial charge in [0.2, 0.25) is 0 Å². The first-order valence-corrected chi connectivity index (χ1v) is 7.19. The van der Waals surface area contributed by atoms with Gasteiger partial charge in [-0.15, -0.1) is 0 Å². The van der Waals surface area contributed by atoms with E-state index in [0.717, 1.165) is 35.0 Å². The molecule has 0 saturated carbocycles. The first-order chi connectivity index (χ1) is 9.20. The van der Waals surface area contributed by atoms with Gasteiger partial charge in [-0.25, -0.2) is 4.39 Å². The topological polar surface area (TPSA) is 9.23 Å². The molecule has 19 heavy (non-hydrogen) atoms. The van der Waals surface area contributed by atoms with E-state index < -0.39 is 0 Å². The Balaban J connectivity index is 1.72. The van der Waals surface area contributed by atoms with Crippen molar-refractivity contribution < 1.29 is 9.13 Å². The summed E-state index contributed by atoms with van der Waals surface area (Å²) in [7, 11) is 0. The molecule has 0 amide bonds. The molecule has 2 aromatic carbocycles. The fourth-order valence-corrected chi connectivity index (χ4v) is 2.85. The maximum Gasteiger partial charge on any atom is 0.123 e. The van der Waals surface area contributed by atoms with Crippen LogP contribution in [0.1, 0.15) is 17.5 Å². The Hall–Kier alpha value is -1.35. The zero-order valence-corrected chi connectivity index (χ0v) is 12.0. The molecule has 0 spiro atoms. The van der Waals surface area contributed by atoms with Crippen molar-refractivity contribution in [1.82, 2.24) is 0 Å². The van der Waals surface area contributed by atoms with Gasteiger partial charge in [-0.05, 0) is 54.3 Å². The number of benzene rings is 2. The quantitative estimate of drug-likeness (QED) is 0.790. The fraction of sp³-hybridized carbons (Fsp3) is 0.250. The molecule has 98 valence electrons. The SMILES string of the molecule is Fc1ccc(C[C@H]2CCc3cc(Br)ccc3O2)cc1. The summed E-state index contributed by atoms with van der Waals surface area (Å²) < 4.78 is 20.0. The van der Waals surface area contributed by atoms with Crippen molar-refractivity contribution in [3.8, 4) is 5.75 Å². The van der Waals surface area contributed by atoms with Crippen molar-refractivity contribution in [2.75, 3.05) is 0 Å². The Kier molecular flexibility index (Phi) is 3.56. The minimum Gasteiger partial charge on any atom is -0.490 e.